The van der Waals surface area contributed by atoms with E-state index in [-0.39, 0.29) is 36.6 Å². The van der Waals surface area contributed by atoms with Crippen molar-refractivity contribution in [2.24, 2.45) is 17.0 Å². The lowest BCUT2D eigenvalue weighted by Crippen LogP contribution is -2.22. The molecule has 0 amide bonds. The molecule has 6 nitrogen and oxygen atoms in total. The van der Waals surface area contributed by atoms with E-state index in [4.69, 9.17) is 5.11 Å². The van der Waals surface area contributed by atoms with Crippen LogP contribution in [0.3, 0.4) is 0 Å². The normalized spacial score (nSPS) is 23.9. The molecule has 0 aliphatic heterocycles. The minimum Gasteiger partial charge on any atom is -0.481 e. The maximum atomic E-state index is 12.3. The molecule has 1 aliphatic rings. The summed E-state index contributed by atoms with van der Waals surface area (Å²) in [5, 5.41) is 21.9. The van der Waals surface area contributed by atoms with Gasteiger partial charge in [0.2, 0.25) is 0 Å². The topological polar surface area (TPSA) is 104 Å². The fraction of sp³-hybridized carbons (Fsp3) is 0.900. The zero-order chi connectivity index (χ0) is 19.4. The van der Waals surface area contributed by atoms with Crippen LogP contribution in [-0.2, 0) is 9.59 Å². The van der Waals surface area contributed by atoms with E-state index in [1.54, 1.807) is 0 Å². The van der Waals surface area contributed by atoms with Crippen LogP contribution >= 0.6 is 0 Å². The van der Waals surface area contributed by atoms with Gasteiger partial charge >= 0.3 is 5.97 Å². The monoisotopic (exact) mass is 369 g/mol. The fourth-order valence-electron chi connectivity index (χ4n) is 4.05. The van der Waals surface area contributed by atoms with E-state index in [2.05, 4.69) is 12.1 Å². The molecule has 0 heterocycles. The van der Waals surface area contributed by atoms with Crippen LogP contribution in [-0.4, -0.2) is 34.1 Å². The number of nitrogens with zero attached hydrogens (tertiary/aromatic N) is 1. The van der Waals surface area contributed by atoms with Gasteiger partial charge < -0.3 is 10.2 Å². The molecule has 0 aromatic rings. The predicted octanol–water partition coefficient (Wildman–Crippen LogP) is 4.47. The Balaban J connectivity index is 2.39. The highest BCUT2D eigenvalue weighted by atomic mass is 16.4. The maximum Gasteiger partial charge on any atom is 0.303 e. The molecule has 0 spiro atoms. The minimum absolute atomic E-state index is 0.0418. The van der Waals surface area contributed by atoms with Gasteiger partial charge in [0.05, 0.1) is 6.10 Å². The minimum atomic E-state index is -0.770. The summed E-state index contributed by atoms with van der Waals surface area (Å²) in [6.45, 7) is 2.13. The number of unbranched alkanes of at least 4 members (excludes halogenated alkanes) is 5. The summed E-state index contributed by atoms with van der Waals surface area (Å²) >= 11 is 0. The number of carbonyl (C=O) groups is 2. The maximum absolute atomic E-state index is 12.3. The van der Waals surface area contributed by atoms with E-state index in [0.29, 0.717) is 19.3 Å². The lowest BCUT2D eigenvalue weighted by atomic mass is 9.84. The zero-order valence-electron chi connectivity index (χ0n) is 16.1. The third kappa shape index (κ3) is 8.39. The Kier molecular flexibility index (Phi) is 11.3. The molecule has 0 aromatic heterocycles. The van der Waals surface area contributed by atoms with Gasteiger partial charge in [-0.2, -0.15) is 4.91 Å². The molecular weight excluding hydrogens is 334 g/mol. The number of Topliss-reactive ketones (excluding diaryl/α,β-unsaturated/α-hetero) is 1. The van der Waals surface area contributed by atoms with Gasteiger partial charge in [-0.3, -0.25) is 9.59 Å². The molecule has 1 rings (SSSR count). The molecule has 0 saturated heterocycles. The average Bonchev–Trinajstić information content (AvgIpc) is 2.91. The van der Waals surface area contributed by atoms with Crippen molar-refractivity contribution in [1.29, 1.82) is 0 Å². The number of carboxylic acid groups (broad SMARTS) is 1. The Morgan fingerprint density at radius 3 is 2.50 bits per heavy atom. The first-order chi connectivity index (χ1) is 12.5. The van der Waals surface area contributed by atoms with Crippen molar-refractivity contribution in [2.45, 2.75) is 103 Å². The molecule has 1 aliphatic carbocycles. The fourth-order valence-corrected chi connectivity index (χ4v) is 4.05. The first-order valence-electron chi connectivity index (χ1n) is 10.2. The summed E-state index contributed by atoms with van der Waals surface area (Å²) in [6.07, 6.45) is 9.44. The molecule has 4 atom stereocenters. The summed E-state index contributed by atoms with van der Waals surface area (Å²) in [4.78, 5) is 33.9. The van der Waals surface area contributed by atoms with Gasteiger partial charge in [-0.25, -0.2) is 0 Å². The molecular formula is C20H35NO5. The van der Waals surface area contributed by atoms with Crippen LogP contribution in [0.1, 0.15) is 90.4 Å². The Labute approximate surface area is 156 Å². The lowest BCUT2D eigenvalue weighted by Gasteiger charge is -2.21. The summed E-state index contributed by atoms with van der Waals surface area (Å²) < 4.78 is 0. The average molecular weight is 370 g/mol. The number of nitroso groups, excluding NO2 is 1. The van der Waals surface area contributed by atoms with E-state index in [1.807, 2.05) is 0 Å². The highest BCUT2D eigenvalue weighted by molar-refractivity contribution is 5.84. The molecule has 1 saturated carbocycles. The van der Waals surface area contributed by atoms with Crippen molar-refractivity contribution in [3.8, 4) is 0 Å². The van der Waals surface area contributed by atoms with E-state index >= 15 is 0 Å². The number of aliphatic hydroxyl groups is 1. The van der Waals surface area contributed by atoms with Crippen molar-refractivity contribution < 1.29 is 19.8 Å². The third-order valence-corrected chi connectivity index (χ3v) is 5.60. The number of aliphatic hydroxyl groups excluding tert-OH is 1. The number of hydrogen-bond donors (Lipinski definition) is 2. The Morgan fingerprint density at radius 1 is 1.12 bits per heavy atom. The van der Waals surface area contributed by atoms with Crippen LogP contribution in [0, 0.1) is 16.7 Å². The highest BCUT2D eigenvalue weighted by Crippen LogP contribution is 2.38. The Hall–Kier alpha value is -1.30. The number of aliphatic carboxylic acids is 1. The number of ketones is 1. The van der Waals surface area contributed by atoms with Crippen LogP contribution in [0.4, 0.5) is 0 Å². The molecule has 0 aromatic carbocycles. The SMILES string of the molecule is CCCCCC(O)CC[C@H]1C(N=O)CC(=O)[C@@H]1CCCCCCC(=O)O. The molecule has 2 unspecified atom stereocenters. The summed E-state index contributed by atoms with van der Waals surface area (Å²) in [6, 6.07) is -0.442. The standard InChI is InChI=1S/C20H35NO5/c1-2-3-6-9-15(22)12-13-16-17(19(23)14-18(16)21-26)10-7-4-5-8-11-20(24)25/h15-18,22H,2-14H2,1H3,(H,24,25)/t15?,16-,17-,18?/m1/s1. The third-order valence-electron chi connectivity index (χ3n) is 5.60. The second-order valence-electron chi connectivity index (χ2n) is 7.69. The molecule has 6 heteroatoms. The Bertz CT molecular complexity index is 440. The van der Waals surface area contributed by atoms with Gasteiger partial charge in [0.15, 0.2) is 0 Å². The molecule has 2 N–H and O–H groups in total. The van der Waals surface area contributed by atoms with Crippen LogP contribution in [0.2, 0.25) is 0 Å². The van der Waals surface area contributed by atoms with Crippen LogP contribution in [0.25, 0.3) is 0 Å². The summed E-state index contributed by atoms with van der Waals surface area (Å²) in [5.41, 5.74) is 0. The van der Waals surface area contributed by atoms with Gasteiger partial charge in [-0.05, 0) is 38.0 Å². The second-order valence-corrected chi connectivity index (χ2v) is 7.69. The van der Waals surface area contributed by atoms with E-state index < -0.39 is 12.0 Å². The quantitative estimate of drug-likeness (QED) is 0.327. The van der Waals surface area contributed by atoms with Crippen LogP contribution < -0.4 is 0 Å². The van der Waals surface area contributed by atoms with Crippen molar-refractivity contribution in [1.82, 2.24) is 0 Å². The van der Waals surface area contributed by atoms with Crippen molar-refractivity contribution >= 4 is 11.8 Å². The molecule has 150 valence electrons. The largest absolute Gasteiger partial charge is 0.481 e. The molecule has 1 fully saturated rings. The van der Waals surface area contributed by atoms with Crippen LogP contribution in [0.5, 0.6) is 0 Å². The van der Waals surface area contributed by atoms with E-state index in [1.165, 1.54) is 0 Å². The summed E-state index contributed by atoms with van der Waals surface area (Å²) in [7, 11) is 0. The predicted molar refractivity (Wildman–Crippen MR) is 101 cm³/mol. The van der Waals surface area contributed by atoms with Gasteiger partial charge in [0.1, 0.15) is 11.8 Å². The highest BCUT2D eigenvalue weighted by Gasteiger charge is 2.42. The smallest absolute Gasteiger partial charge is 0.303 e. The first-order valence-corrected chi connectivity index (χ1v) is 10.2. The molecule has 26 heavy (non-hydrogen) atoms. The van der Waals surface area contributed by atoms with Crippen molar-refractivity contribution in [2.75, 3.05) is 0 Å². The van der Waals surface area contributed by atoms with Gasteiger partial charge in [-0.15, -0.1) is 0 Å². The number of carboxylic acids is 1. The van der Waals surface area contributed by atoms with Gasteiger partial charge in [0, 0.05) is 18.8 Å². The zero-order valence-corrected chi connectivity index (χ0v) is 16.1. The van der Waals surface area contributed by atoms with Gasteiger partial charge in [-0.1, -0.05) is 50.6 Å². The van der Waals surface area contributed by atoms with E-state index in [0.717, 1.165) is 51.4 Å². The first kappa shape index (κ1) is 22.7. The number of carbonyl (C=O) groups excluding carboxylic acids is 1. The Morgan fingerprint density at radius 2 is 1.85 bits per heavy atom. The van der Waals surface area contributed by atoms with Gasteiger partial charge in [0.25, 0.3) is 0 Å². The molecule has 0 bridgehead atoms. The number of rotatable bonds is 15. The van der Waals surface area contributed by atoms with E-state index in [9.17, 15) is 19.6 Å². The summed E-state index contributed by atoms with van der Waals surface area (Å²) in [5.74, 6) is -0.807. The van der Waals surface area contributed by atoms with Crippen molar-refractivity contribution in [3.05, 3.63) is 4.91 Å². The lowest BCUT2D eigenvalue weighted by molar-refractivity contribution is -0.137. The van der Waals surface area contributed by atoms with Crippen LogP contribution in [0.15, 0.2) is 5.18 Å². The number of hydrogen-bond acceptors (Lipinski definition) is 5. The van der Waals surface area contributed by atoms with Crippen molar-refractivity contribution in [3.63, 3.8) is 0 Å². The molecule has 0 radical (unpaired) electrons. The second kappa shape index (κ2) is 13.0.